The molecule has 0 aliphatic carbocycles. The largest absolute Gasteiger partial charge is 0.412 e. The van der Waals surface area contributed by atoms with Crippen LogP contribution in [0.5, 0.6) is 0 Å². The van der Waals surface area contributed by atoms with E-state index in [4.69, 9.17) is 20.8 Å². The molecule has 0 bridgehead atoms. The van der Waals surface area contributed by atoms with E-state index in [9.17, 15) is 4.79 Å². The Morgan fingerprint density at radius 2 is 1.96 bits per heavy atom. The second kappa shape index (κ2) is 7.54. The summed E-state index contributed by atoms with van der Waals surface area (Å²) in [7, 11) is 0. The summed E-state index contributed by atoms with van der Waals surface area (Å²) in [6.07, 6.45) is 0. The number of benzene rings is 1. The first kappa shape index (κ1) is 15.9. The molecule has 0 atom stereocenters. The molecule has 1 aromatic heterocycles. The molecular weight excluding hydrogens is 320 g/mol. The van der Waals surface area contributed by atoms with Crippen molar-refractivity contribution in [1.82, 2.24) is 20.4 Å². The minimum absolute atomic E-state index is 0.0445. The Hall–Kier alpha value is -1.96. The summed E-state index contributed by atoms with van der Waals surface area (Å²) in [6.45, 7) is 4.54. The third-order valence-electron chi connectivity index (χ3n) is 3.53. The molecule has 1 aliphatic heterocycles. The lowest BCUT2D eigenvalue weighted by molar-refractivity contribution is 0.0382. The van der Waals surface area contributed by atoms with Crippen molar-refractivity contribution in [1.29, 1.82) is 0 Å². The van der Waals surface area contributed by atoms with Crippen LogP contribution in [0.4, 0.5) is 0 Å². The van der Waals surface area contributed by atoms with E-state index in [1.165, 1.54) is 0 Å². The van der Waals surface area contributed by atoms with Crippen molar-refractivity contribution in [2.75, 3.05) is 39.4 Å². The lowest BCUT2D eigenvalue weighted by Crippen LogP contribution is -2.41. The van der Waals surface area contributed by atoms with Gasteiger partial charge >= 0.3 is 11.8 Å². The van der Waals surface area contributed by atoms with E-state index in [2.05, 4.69) is 20.4 Å². The number of carbonyl (C=O) groups is 1. The molecule has 1 fully saturated rings. The quantitative estimate of drug-likeness (QED) is 0.890. The number of nitrogens with zero attached hydrogens (tertiary/aromatic N) is 3. The van der Waals surface area contributed by atoms with Crippen molar-refractivity contribution in [3.63, 3.8) is 0 Å². The van der Waals surface area contributed by atoms with Crippen molar-refractivity contribution >= 4 is 17.5 Å². The molecule has 1 saturated heterocycles. The SMILES string of the molecule is O=C(NCCN1CCOCC1)c1nnc(-c2ccc(Cl)cc2)o1. The maximum absolute atomic E-state index is 12.0. The molecule has 1 amide bonds. The van der Waals surface area contributed by atoms with Crippen LogP contribution in [0.3, 0.4) is 0 Å². The minimum Gasteiger partial charge on any atom is -0.412 e. The summed E-state index contributed by atoms with van der Waals surface area (Å²) in [4.78, 5) is 14.2. The summed E-state index contributed by atoms with van der Waals surface area (Å²) in [5.41, 5.74) is 0.717. The highest BCUT2D eigenvalue weighted by molar-refractivity contribution is 6.30. The van der Waals surface area contributed by atoms with E-state index < -0.39 is 0 Å². The Bertz CT molecular complexity index is 653. The van der Waals surface area contributed by atoms with Crippen LogP contribution in [0.1, 0.15) is 10.7 Å². The van der Waals surface area contributed by atoms with Gasteiger partial charge in [-0.05, 0) is 24.3 Å². The number of morpholine rings is 1. The average Bonchev–Trinajstić information content (AvgIpc) is 3.06. The molecule has 1 N–H and O–H groups in total. The molecule has 7 nitrogen and oxygen atoms in total. The Kier molecular flexibility index (Phi) is 5.22. The third kappa shape index (κ3) is 4.28. The lowest BCUT2D eigenvalue weighted by atomic mass is 10.2. The summed E-state index contributed by atoms with van der Waals surface area (Å²) >= 11 is 5.83. The van der Waals surface area contributed by atoms with Crippen LogP contribution >= 0.6 is 11.6 Å². The van der Waals surface area contributed by atoms with Gasteiger partial charge in [-0.15, -0.1) is 10.2 Å². The summed E-state index contributed by atoms with van der Waals surface area (Å²) in [5, 5.41) is 11.1. The van der Waals surface area contributed by atoms with Crippen LogP contribution in [-0.4, -0.2) is 60.4 Å². The molecule has 0 saturated carbocycles. The minimum atomic E-state index is -0.369. The van der Waals surface area contributed by atoms with E-state index >= 15 is 0 Å². The molecule has 0 radical (unpaired) electrons. The van der Waals surface area contributed by atoms with Crippen LogP contribution in [-0.2, 0) is 4.74 Å². The number of nitrogens with one attached hydrogen (secondary N) is 1. The fourth-order valence-electron chi connectivity index (χ4n) is 2.25. The van der Waals surface area contributed by atoms with E-state index in [1.807, 2.05) is 0 Å². The van der Waals surface area contributed by atoms with Crippen LogP contribution < -0.4 is 5.32 Å². The van der Waals surface area contributed by atoms with Gasteiger partial charge in [-0.3, -0.25) is 9.69 Å². The first-order valence-corrected chi connectivity index (χ1v) is 7.78. The normalized spacial score (nSPS) is 15.5. The topological polar surface area (TPSA) is 80.5 Å². The number of amides is 1. The highest BCUT2D eigenvalue weighted by Crippen LogP contribution is 2.20. The average molecular weight is 337 g/mol. The van der Waals surface area contributed by atoms with Crippen LogP contribution in [0.25, 0.3) is 11.5 Å². The number of rotatable bonds is 5. The molecule has 122 valence electrons. The van der Waals surface area contributed by atoms with Gasteiger partial charge in [-0.25, -0.2) is 0 Å². The lowest BCUT2D eigenvalue weighted by Gasteiger charge is -2.26. The van der Waals surface area contributed by atoms with E-state index in [-0.39, 0.29) is 11.8 Å². The van der Waals surface area contributed by atoms with Crippen LogP contribution in [0.15, 0.2) is 28.7 Å². The van der Waals surface area contributed by atoms with Crippen LogP contribution in [0.2, 0.25) is 5.02 Å². The van der Waals surface area contributed by atoms with Crippen LogP contribution in [0, 0.1) is 0 Å². The Morgan fingerprint density at radius 3 is 2.70 bits per heavy atom. The van der Waals surface area contributed by atoms with Gasteiger partial charge in [-0.1, -0.05) is 11.6 Å². The van der Waals surface area contributed by atoms with Gasteiger partial charge in [0.15, 0.2) is 0 Å². The number of hydrogen-bond acceptors (Lipinski definition) is 6. The van der Waals surface area contributed by atoms with Gasteiger partial charge in [0.2, 0.25) is 5.89 Å². The Morgan fingerprint density at radius 1 is 1.22 bits per heavy atom. The van der Waals surface area contributed by atoms with Gasteiger partial charge in [-0.2, -0.15) is 0 Å². The van der Waals surface area contributed by atoms with E-state index in [0.717, 1.165) is 32.8 Å². The zero-order valence-corrected chi connectivity index (χ0v) is 13.3. The summed E-state index contributed by atoms with van der Waals surface area (Å²) in [5.74, 6) is -0.122. The predicted molar refractivity (Wildman–Crippen MR) is 84.3 cm³/mol. The van der Waals surface area contributed by atoms with Gasteiger partial charge in [0.25, 0.3) is 0 Å². The molecule has 1 aromatic carbocycles. The zero-order chi connectivity index (χ0) is 16.1. The number of hydrogen-bond donors (Lipinski definition) is 1. The molecule has 0 spiro atoms. The molecule has 8 heteroatoms. The molecule has 2 aromatic rings. The standard InChI is InChI=1S/C15H17ClN4O3/c16-12-3-1-11(2-4-12)14-18-19-15(23-14)13(21)17-5-6-20-7-9-22-10-8-20/h1-4H,5-10H2,(H,17,21). The maximum atomic E-state index is 12.0. The smallest absolute Gasteiger partial charge is 0.308 e. The van der Waals surface area contributed by atoms with Gasteiger partial charge < -0.3 is 14.5 Å². The summed E-state index contributed by atoms with van der Waals surface area (Å²) < 4.78 is 10.7. The van der Waals surface area contributed by atoms with Crippen molar-refractivity contribution in [2.45, 2.75) is 0 Å². The van der Waals surface area contributed by atoms with E-state index in [1.54, 1.807) is 24.3 Å². The monoisotopic (exact) mass is 336 g/mol. The fraction of sp³-hybridized carbons (Fsp3) is 0.400. The third-order valence-corrected chi connectivity index (χ3v) is 3.78. The molecule has 23 heavy (non-hydrogen) atoms. The van der Waals surface area contributed by atoms with Crippen molar-refractivity contribution in [2.24, 2.45) is 0 Å². The molecule has 3 rings (SSSR count). The fourth-order valence-corrected chi connectivity index (χ4v) is 2.38. The number of aromatic nitrogens is 2. The molecule has 1 aliphatic rings. The molecular formula is C15H17ClN4O3. The number of halogens is 1. The number of ether oxygens (including phenoxy) is 1. The molecule has 2 heterocycles. The van der Waals surface area contributed by atoms with Crippen molar-refractivity contribution in [3.8, 4) is 11.5 Å². The first-order valence-electron chi connectivity index (χ1n) is 7.40. The van der Waals surface area contributed by atoms with Gasteiger partial charge in [0.1, 0.15) is 0 Å². The van der Waals surface area contributed by atoms with Gasteiger partial charge in [0, 0.05) is 36.8 Å². The second-order valence-corrected chi connectivity index (χ2v) is 5.57. The highest BCUT2D eigenvalue weighted by Gasteiger charge is 2.16. The van der Waals surface area contributed by atoms with Crippen molar-refractivity contribution in [3.05, 3.63) is 35.2 Å². The Labute approximate surface area is 138 Å². The van der Waals surface area contributed by atoms with Crippen molar-refractivity contribution < 1.29 is 13.9 Å². The second-order valence-electron chi connectivity index (χ2n) is 5.13. The predicted octanol–water partition coefficient (Wildman–Crippen LogP) is 1.45. The number of carbonyl (C=O) groups excluding carboxylic acids is 1. The first-order chi connectivity index (χ1) is 11.2. The maximum Gasteiger partial charge on any atom is 0.308 e. The molecule has 0 unspecified atom stereocenters. The van der Waals surface area contributed by atoms with Gasteiger partial charge in [0.05, 0.1) is 13.2 Å². The highest BCUT2D eigenvalue weighted by atomic mass is 35.5. The summed E-state index contributed by atoms with van der Waals surface area (Å²) in [6, 6.07) is 6.97. The van der Waals surface area contributed by atoms with E-state index in [0.29, 0.717) is 23.0 Å². The Balaban J connectivity index is 1.52. The zero-order valence-electron chi connectivity index (χ0n) is 12.5.